The molecule has 2 atom stereocenters. The molecule has 2 saturated heterocycles. The Morgan fingerprint density at radius 3 is 2.79 bits per heavy atom. The summed E-state index contributed by atoms with van der Waals surface area (Å²) in [5, 5.41) is 0. The number of benzene rings is 1. The highest BCUT2D eigenvalue weighted by Gasteiger charge is 2.35. The lowest BCUT2D eigenvalue weighted by molar-refractivity contribution is -0.146. The Bertz CT molecular complexity index is 626. The van der Waals surface area contributed by atoms with Gasteiger partial charge >= 0.3 is 6.09 Å². The van der Waals surface area contributed by atoms with E-state index in [9.17, 15) is 9.18 Å². The minimum atomic E-state index is -0.584. The smallest absolute Gasteiger partial charge is 0.414 e. The van der Waals surface area contributed by atoms with Crippen LogP contribution in [0.15, 0.2) is 18.2 Å². The first-order valence-electron chi connectivity index (χ1n) is 7.67. The largest absolute Gasteiger partial charge is 0.441 e. The van der Waals surface area contributed by atoms with Gasteiger partial charge in [-0.15, -0.1) is 0 Å². The molecule has 0 aromatic heterocycles. The van der Waals surface area contributed by atoms with Crippen LogP contribution in [-0.4, -0.2) is 50.5 Å². The molecule has 24 heavy (non-hydrogen) atoms. The maximum Gasteiger partial charge on any atom is 0.414 e. The zero-order valence-electron chi connectivity index (χ0n) is 13.5. The molecule has 2 aliphatic rings. The van der Waals surface area contributed by atoms with E-state index in [-0.39, 0.29) is 18.5 Å². The number of halogens is 2. The number of anilines is 1. The van der Waals surface area contributed by atoms with E-state index < -0.39 is 18.0 Å². The van der Waals surface area contributed by atoms with E-state index in [1.54, 1.807) is 12.1 Å². The molecule has 6 nitrogen and oxygen atoms in total. The Kier molecular flexibility index (Phi) is 5.28. The first kappa shape index (κ1) is 17.8. The summed E-state index contributed by atoms with van der Waals surface area (Å²) in [6.45, 7) is 5.14. The van der Waals surface area contributed by atoms with E-state index in [4.69, 9.17) is 18.9 Å². The van der Waals surface area contributed by atoms with Crippen molar-refractivity contribution in [3.8, 4) is 0 Å². The fourth-order valence-electron chi connectivity index (χ4n) is 2.65. The average Bonchev–Trinajstić information content (AvgIpc) is 3.04. The second-order valence-electron chi connectivity index (χ2n) is 6.20. The Labute approximate surface area is 153 Å². The normalized spacial score (nSPS) is 26.0. The minimum absolute atomic E-state index is 0.126. The van der Waals surface area contributed by atoms with Crippen LogP contribution in [0.3, 0.4) is 0 Å². The molecule has 2 fully saturated rings. The predicted octanol–water partition coefficient (Wildman–Crippen LogP) is 2.92. The van der Waals surface area contributed by atoms with E-state index >= 15 is 0 Å². The third-order valence-electron chi connectivity index (χ3n) is 3.76. The molecular formula is C16H19FINO5. The van der Waals surface area contributed by atoms with Gasteiger partial charge in [0.2, 0.25) is 0 Å². The lowest BCUT2D eigenvalue weighted by Crippen LogP contribution is -2.28. The average molecular weight is 451 g/mol. The van der Waals surface area contributed by atoms with Gasteiger partial charge in [0.15, 0.2) is 5.79 Å². The van der Waals surface area contributed by atoms with Gasteiger partial charge in [-0.05, 0) is 54.6 Å². The second kappa shape index (κ2) is 7.11. The maximum atomic E-state index is 13.7. The van der Waals surface area contributed by atoms with Gasteiger partial charge in [0.25, 0.3) is 0 Å². The Hall–Kier alpha value is -0.970. The molecule has 1 unspecified atom stereocenters. The molecular weight excluding hydrogens is 432 g/mol. The first-order chi connectivity index (χ1) is 11.3. The summed E-state index contributed by atoms with van der Waals surface area (Å²) in [6.07, 6.45) is -1.01. The third-order valence-corrected chi connectivity index (χ3v) is 4.64. The van der Waals surface area contributed by atoms with Crippen molar-refractivity contribution in [2.75, 3.05) is 31.3 Å². The highest BCUT2D eigenvalue weighted by atomic mass is 127. The Balaban J connectivity index is 1.49. The molecule has 0 saturated carbocycles. The number of ether oxygens (including phenoxy) is 4. The van der Waals surface area contributed by atoms with Crippen molar-refractivity contribution in [2.24, 2.45) is 0 Å². The lowest BCUT2D eigenvalue weighted by atomic mass is 10.2. The van der Waals surface area contributed by atoms with Crippen molar-refractivity contribution in [1.82, 2.24) is 0 Å². The minimum Gasteiger partial charge on any atom is -0.441 e. The van der Waals surface area contributed by atoms with Gasteiger partial charge in [0, 0.05) is 3.57 Å². The summed E-state index contributed by atoms with van der Waals surface area (Å²) in [5.74, 6) is -0.943. The number of hydrogen-bond donors (Lipinski definition) is 0. The summed E-state index contributed by atoms with van der Waals surface area (Å²) in [7, 11) is 0. The van der Waals surface area contributed by atoms with Crippen LogP contribution in [0.5, 0.6) is 0 Å². The van der Waals surface area contributed by atoms with Gasteiger partial charge in [0.1, 0.15) is 18.0 Å². The predicted molar refractivity (Wildman–Crippen MR) is 92.5 cm³/mol. The maximum absolute atomic E-state index is 13.7. The van der Waals surface area contributed by atoms with E-state index in [1.165, 1.54) is 11.0 Å². The van der Waals surface area contributed by atoms with Crippen LogP contribution in [0.2, 0.25) is 0 Å². The summed E-state index contributed by atoms with van der Waals surface area (Å²) < 4.78 is 36.1. The van der Waals surface area contributed by atoms with Gasteiger partial charge in [0.05, 0.1) is 32.1 Å². The van der Waals surface area contributed by atoms with Crippen LogP contribution in [0.25, 0.3) is 0 Å². The fourth-order valence-corrected chi connectivity index (χ4v) is 2.98. The van der Waals surface area contributed by atoms with E-state index in [0.717, 1.165) is 0 Å². The summed E-state index contributed by atoms with van der Waals surface area (Å²) in [4.78, 5) is 13.4. The lowest BCUT2D eigenvalue weighted by Gasteiger charge is -2.17. The molecule has 1 aromatic carbocycles. The highest BCUT2D eigenvalue weighted by Crippen LogP contribution is 2.25. The number of hydrogen-bond acceptors (Lipinski definition) is 5. The van der Waals surface area contributed by atoms with E-state index in [1.807, 2.05) is 36.4 Å². The molecule has 0 aliphatic carbocycles. The van der Waals surface area contributed by atoms with Crippen LogP contribution in [0.4, 0.5) is 14.9 Å². The van der Waals surface area contributed by atoms with Crippen molar-refractivity contribution in [3.05, 3.63) is 27.6 Å². The summed E-state index contributed by atoms with van der Waals surface area (Å²) in [5.41, 5.74) is 0.481. The molecule has 3 rings (SSSR count). The molecule has 0 spiro atoms. The number of carbonyl (C=O) groups is 1. The molecule has 2 aliphatic heterocycles. The number of amides is 1. The zero-order chi connectivity index (χ0) is 17.3. The third kappa shape index (κ3) is 4.16. The van der Waals surface area contributed by atoms with Gasteiger partial charge < -0.3 is 18.9 Å². The van der Waals surface area contributed by atoms with E-state index in [0.29, 0.717) is 29.0 Å². The zero-order valence-corrected chi connectivity index (χ0v) is 15.6. The molecule has 1 aromatic rings. The number of rotatable bonds is 5. The summed E-state index contributed by atoms with van der Waals surface area (Å²) >= 11 is 1.90. The monoisotopic (exact) mass is 451 g/mol. The highest BCUT2D eigenvalue weighted by molar-refractivity contribution is 14.1. The molecule has 0 radical (unpaired) electrons. The van der Waals surface area contributed by atoms with Crippen LogP contribution in [-0.2, 0) is 18.9 Å². The van der Waals surface area contributed by atoms with E-state index in [2.05, 4.69) is 0 Å². The van der Waals surface area contributed by atoms with Crippen LogP contribution in [0.1, 0.15) is 13.8 Å². The van der Waals surface area contributed by atoms with Gasteiger partial charge in [-0.1, -0.05) is 0 Å². The summed E-state index contributed by atoms with van der Waals surface area (Å²) in [6, 6.07) is 4.65. The fraction of sp³-hybridized carbons (Fsp3) is 0.562. The van der Waals surface area contributed by atoms with Crippen molar-refractivity contribution < 1.29 is 28.1 Å². The molecule has 1 amide bonds. The van der Waals surface area contributed by atoms with Crippen LogP contribution >= 0.6 is 22.6 Å². The molecule has 0 N–H and O–H groups in total. The second-order valence-corrected chi connectivity index (χ2v) is 7.37. The van der Waals surface area contributed by atoms with Gasteiger partial charge in [-0.25, -0.2) is 9.18 Å². The van der Waals surface area contributed by atoms with Crippen molar-refractivity contribution in [2.45, 2.75) is 31.8 Å². The Morgan fingerprint density at radius 2 is 2.12 bits per heavy atom. The number of nitrogens with zero attached hydrogens (tertiary/aromatic N) is 1. The SMILES string of the molecule is CC1(C)OCC(COC[C@H]2CN(c3ccc(I)c(F)c3)C(=O)O2)O1. The van der Waals surface area contributed by atoms with Gasteiger partial charge in [-0.2, -0.15) is 0 Å². The molecule has 132 valence electrons. The standard InChI is InChI=1S/C16H19FINO5/c1-16(2)22-9-12(24-16)8-21-7-11-6-19(15(20)23-11)10-3-4-14(18)13(17)5-10/h3-5,11-12H,6-9H2,1-2H3/t11-,12?/m1/s1. The Morgan fingerprint density at radius 1 is 1.38 bits per heavy atom. The number of carbonyl (C=O) groups excluding carboxylic acids is 1. The van der Waals surface area contributed by atoms with Crippen molar-refractivity contribution in [3.63, 3.8) is 0 Å². The molecule has 8 heteroatoms. The first-order valence-corrected chi connectivity index (χ1v) is 8.75. The van der Waals surface area contributed by atoms with Crippen molar-refractivity contribution >= 4 is 34.4 Å². The van der Waals surface area contributed by atoms with Gasteiger partial charge in [-0.3, -0.25) is 4.90 Å². The van der Waals surface area contributed by atoms with Crippen molar-refractivity contribution in [1.29, 1.82) is 0 Å². The quantitative estimate of drug-likeness (QED) is 0.645. The number of cyclic esters (lactones) is 1. The molecule has 0 bridgehead atoms. The topological polar surface area (TPSA) is 57.2 Å². The van der Waals surface area contributed by atoms with Crippen LogP contribution < -0.4 is 4.90 Å². The van der Waals surface area contributed by atoms with Crippen LogP contribution in [0, 0.1) is 9.39 Å². The molecule has 2 heterocycles.